The second-order valence-corrected chi connectivity index (χ2v) is 5.03. The maximum Gasteiger partial charge on any atom is 0.0762 e. The second-order valence-electron chi connectivity index (χ2n) is 5.03. The lowest BCUT2D eigenvalue weighted by atomic mass is 9.99. The summed E-state index contributed by atoms with van der Waals surface area (Å²) in [7, 11) is 0. The SMILES string of the molecule is CCc1cccc2c(N)c(C)c(-c3ccccc3)nc12. The Balaban J connectivity index is 2.37. The zero-order chi connectivity index (χ0) is 14.1. The highest BCUT2D eigenvalue weighted by Gasteiger charge is 2.12. The average molecular weight is 262 g/mol. The molecule has 0 bridgehead atoms. The molecule has 2 aromatic carbocycles. The van der Waals surface area contributed by atoms with Crippen LogP contribution in [0, 0.1) is 6.92 Å². The molecule has 0 atom stereocenters. The standard InChI is InChI=1S/C18H18N2/c1-3-13-10-7-11-15-16(19)12(2)17(20-18(13)15)14-8-5-4-6-9-14/h4-11H,3H2,1-2H3,(H2,19,20). The summed E-state index contributed by atoms with van der Waals surface area (Å²) in [4.78, 5) is 4.90. The Morgan fingerprint density at radius 2 is 1.75 bits per heavy atom. The third-order valence-electron chi connectivity index (χ3n) is 3.82. The molecule has 0 spiro atoms. The van der Waals surface area contributed by atoms with Crippen LogP contribution in [0.3, 0.4) is 0 Å². The summed E-state index contributed by atoms with van der Waals surface area (Å²) in [6.45, 7) is 4.19. The van der Waals surface area contributed by atoms with Crippen molar-refractivity contribution < 1.29 is 0 Å². The minimum Gasteiger partial charge on any atom is -0.398 e. The molecule has 3 rings (SSSR count). The van der Waals surface area contributed by atoms with Gasteiger partial charge in [-0.25, -0.2) is 4.98 Å². The largest absolute Gasteiger partial charge is 0.398 e. The number of rotatable bonds is 2. The number of hydrogen-bond donors (Lipinski definition) is 1. The van der Waals surface area contributed by atoms with E-state index in [2.05, 4.69) is 37.3 Å². The van der Waals surface area contributed by atoms with Crippen molar-refractivity contribution in [1.82, 2.24) is 4.98 Å². The lowest BCUT2D eigenvalue weighted by Gasteiger charge is -2.13. The Morgan fingerprint density at radius 1 is 1.00 bits per heavy atom. The van der Waals surface area contributed by atoms with Crippen LogP contribution in [0.2, 0.25) is 0 Å². The molecule has 0 fully saturated rings. The number of para-hydroxylation sites is 1. The molecule has 0 aliphatic heterocycles. The number of aromatic nitrogens is 1. The van der Waals surface area contributed by atoms with Crippen molar-refractivity contribution in [3.8, 4) is 11.3 Å². The number of nitrogens with two attached hydrogens (primary N) is 1. The fraction of sp³-hybridized carbons (Fsp3) is 0.167. The summed E-state index contributed by atoms with van der Waals surface area (Å²) < 4.78 is 0. The normalized spacial score (nSPS) is 10.9. The van der Waals surface area contributed by atoms with Gasteiger partial charge in [-0.15, -0.1) is 0 Å². The number of fused-ring (bicyclic) bond motifs is 1. The van der Waals surface area contributed by atoms with Gasteiger partial charge in [0, 0.05) is 16.6 Å². The molecule has 20 heavy (non-hydrogen) atoms. The Hall–Kier alpha value is -2.35. The van der Waals surface area contributed by atoms with Crippen LogP contribution in [-0.4, -0.2) is 4.98 Å². The highest BCUT2D eigenvalue weighted by Crippen LogP contribution is 2.32. The minimum atomic E-state index is 0.837. The van der Waals surface area contributed by atoms with Crippen molar-refractivity contribution in [1.29, 1.82) is 0 Å². The second kappa shape index (κ2) is 4.97. The van der Waals surface area contributed by atoms with Crippen LogP contribution < -0.4 is 5.73 Å². The van der Waals surface area contributed by atoms with Crippen LogP contribution in [-0.2, 0) is 6.42 Å². The van der Waals surface area contributed by atoms with E-state index in [9.17, 15) is 0 Å². The first-order valence-electron chi connectivity index (χ1n) is 6.95. The van der Waals surface area contributed by atoms with Crippen LogP contribution in [0.15, 0.2) is 48.5 Å². The Bertz CT molecular complexity index is 761. The Kier molecular flexibility index (Phi) is 3.15. The van der Waals surface area contributed by atoms with E-state index in [1.807, 2.05) is 25.1 Å². The zero-order valence-electron chi connectivity index (χ0n) is 11.9. The summed E-state index contributed by atoms with van der Waals surface area (Å²) in [5.41, 5.74) is 12.6. The Morgan fingerprint density at radius 3 is 2.45 bits per heavy atom. The summed E-state index contributed by atoms with van der Waals surface area (Å²) in [5.74, 6) is 0. The van der Waals surface area contributed by atoms with E-state index in [0.29, 0.717) is 0 Å². The molecule has 0 aliphatic rings. The lowest BCUT2D eigenvalue weighted by molar-refractivity contribution is 1.14. The van der Waals surface area contributed by atoms with Crippen molar-refractivity contribution in [3.63, 3.8) is 0 Å². The Labute approximate surface area is 119 Å². The third-order valence-corrected chi connectivity index (χ3v) is 3.82. The lowest BCUT2D eigenvalue weighted by Crippen LogP contribution is -2.00. The van der Waals surface area contributed by atoms with E-state index >= 15 is 0 Å². The van der Waals surface area contributed by atoms with Crippen LogP contribution in [0.5, 0.6) is 0 Å². The highest BCUT2D eigenvalue weighted by atomic mass is 14.7. The number of hydrogen-bond acceptors (Lipinski definition) is 2. The molecule has 2 N–H and O–H groups in total. The van der Waals surface area contributed by atoms with Gasteiger partial charge in [-0.3, -0.25) is 0 Å². The molecule has 1 aromatic heterocycles. The van der Waals surface area contributed by atoms with Gasteiger partial charge in [0.2, 0.25) is 0 Å². The first-order valence-corrected chi connectivity index (χ1v) is 6.95. The molecule has 1 heterocycles. The maximum atomic E-state index is 6.34. The molecule has 2 heteroatoms. The molecular formula is C18H18N2. The molecule has 0 saturated carbocycles. The zero-order valence-corrected chi connectivity index (χ0v) is 11.9. The number of nitrogen functional groups attached to an aromatic ring is 1. The van der Waals surface area contributed by atoms with Gasteiger partial charge >= 0.3 is 0 Å². The summed E-state index contributed by atoms with van der Waals surface area (Å²) in [6, 6.07) is 16.5. The van der Waals surface area contributed by atoms with E-state index < -0.39 is 0 Å². The predicted molar refractivity (Wildman–Crippen MR) is 85.7 cm³/mol. The van der Waals surface area contributed by atoms with Crippen molar-refractivity contribution in [2.75, 3.05) is 5.73 Å². The third kappa shape index (κ3) is 1.94. The van der Waals surface area contributed by atoms with E-state index in [4.69, 9.17) is 10.7 Å². The first-order chi connectivity index (χ1) is 9.72. The number of pyridine rings is 1. The van der Waals surface area contributed by atoms with Crippen LogP contribution >= 0.6 is 0 Å². The van der Waals surface area contributed by atoms with Crippen molar-refractivity contribution >= 4 is 16.6 Å². The number of aryl methyl sites for hydroxylation is 1. The molecule has 0 unspecified atom stereocenters. The first kappa shape index (κ1) is 12.7. The predicted octanol–water partition coefficient (Wildman–Crippen LogP) is 4.35. The molecule has 0 saturated heterocycles. The van der Waals surface area contributed by atoms with Gasteiger partial charge < -0.3 is 5.73 Å². The van der Waals surface area contributed by atoms with Crippen molar-refractivity contribution in [2.24, 2.45) is 0 Å². The van der Waals surface area contributed by atoms with Gasteiger partial charge in [0.25, 0.3) is 0 Å². The molecule has 0 aliphatic carbocycles. The van der Waals surface area contributed by atoms with Crippen molar-refractivity contribution in [3.05, 3.63) is 59.7 Å². The van der Waals surface area contributed by atoms with Gasteiger partial charge in [0.15, 0.2) is 0 Å². The number of benzene rings is 2. The monoisotopic (exact) mass is 262 g/mol. The van der Waals surface area contributed by atoms with Crippen LogP contribution in [0.4, 0.5) is 5.69 Å². The fourth-order valence-electron chi connectivity index (χ4n) is 2.63. The van der Waals surface area contributed by atoms with Gasteiger partial charge in [-0.2, -0.15) is 0 Å². The highest BCUT2D eigenvalue weighted by molar-refractivity contribution is 5.96. The summed E-state index contributed by atoms with van der Waals surface area (Å²) in [5, 5.41) is 1.06. The number of nitrogens with zero attached hydrogens (tertiary/aromatic N) is 1. The van der Waals surface area contributed by atoms with E-state index in [1.54, 1.807) is 0 Å². The number of anilines is 1. The quantitative estimate of drug-likeness (QED) is 0.745. The van der Waals surface area contributed by atoms with Gasteiger partial charge in [0.05, 0.1) is 11.2 Å². The van der Waals surface area contributed by atoms with Gasteiger partial charge in [0.1, 0.15) is 0 Å². The molecule has 0 radical (unpaired) electrons. The topological polar surface area (TPSA) is 38.9 Å². The summed E-state index contributed by atoms with van der Waals surface area (Å²) >= 11 is 0. The maximum absolute atomic E-state index is 6.34. The summed E-state index contributed by atoms with van der Waals surface area (Å²) in [6.07, 6.45) is 0.959. The van der Waals surface area contributed by atoms with Crippen molar-refractivity contribution in [2.45, 2.75) is 20.3 Å². The van der Waals surface area contributed by atoms with E-state index in [0.717, 1.165) is 39.8 Å². The fourth-order valence-corrected chi connectivity index (χ4v) is 2.63. The van der Waals surface area contributed by atoms with Gasteiger partial charge in [-0.1, -0.05) is 55.5 Å². The molecular weight excluding hydrogens is 244 g/mol. The van der Waals surface area contributed by atoms with Gasteiger partial charge in [-0.05, 0) is 24.5 Å². The molecule has 2 nitrogen and oxygen atoms in total. The van der Waals surface area contributed by atoms with Crippen LogP contribution in [0.25, 0.3) is 22.2 Å². The molecule has 100 valence electrons. The van der Waals surface area contributed by atoms with Crippen LogP contribution in [0.1, 0.15) is 18.1 Å². The molecule has 3 aromatic rings. The molecule has 0 amide bonds. The minimum absolute atomic E-state index is 0.837. The smallest absolute Gasteiger partial charge is 0.0762 e. The average Bonchev–Trinajstić information content (AvgIpc) is 2.51. The van der Waals surface area contributed by atoms with E-state index in [1.165, 1.54) is 5.56 Å². The van der Waals surface area contributed by atoms with E-state index in [-0.39, 0.29) is 0 Å².